The van der Waals surface area contributed by atoms with Crippen LogP contribution in [0, 0.1) is 0 Å². The minimum Gasteiger partial charge on any atom is -0.309 e. The molecule has 0 aliphatic heterocycles. The van der Waals surface area contributed by atoms with Crippen molar-refractivity contribution in [2.45, 2.75) is 25.9 Å². The summed E-state index contributed by atoms with van der Waals surface area (Å²) in [7, 11) is 0. The highest BCUT2D eigenvalue weighted by molar-refractivity contribution is 9.10. The first-order valence-corrected chi connectivity index (χ1v) is 7.90. The smallest absolute Gasteiger partial charge is 0.0548 e. The Morgan fingerprint density at radius 3 is 2.81 bits per heavy atom. The Morgan fingerprint density at radius 1 is 1.50 bits per heavy atom. The molecule has 0 spiro atoms. The fraction of sp³-hybridized carbons (Fsp3) is 0.500. The van der Waals surface area contributed by atoms with Crippen molar-refractivity contribution in [2.75, 3.05) is 12.0 Å². The van der Waals surface area contributed by atoms with Crippen molar-refractivity contribution >= 4 is 39.3 Å². The van der Waals surface area contributed by atoms with E-state index >= 15 is 0 Å². The predicted molar refractivity (Wildman–Crippen MR) is 78.5 cm³/mol. The molecule has 4 heteroatoms. The third kappa shape index (κ3) is 4.66. The van der Waals surface area contributed by atoms with Crippen LogP contribution in [0.3, 0.4) is 0 Å². The van der Waals surface area contributed by atoms with Crippen molar-refractivity contribution in [1.82, 2.24) is 5.32 Å². The van der Waals surface area contributed by atoms with Gasteiger partial charge in [0.2, 0.25) is 0 Å². The predicted octanol–water partition coefficient (Wildman–Crippen LogP) is 4.33. The van der Waals surface area contributed by atoms with Gasteiger partial charge in [-0.05, 0) is 46.3 Å². The molecule has 1 aromatic rings. The molecule has 0 aliphatic carbocycles. The van der Waals surface area contributed by atoms with Crippen LogP contribution in [0.5, 0.6) is 0 Å². The van der Waals surface area contributed by atoms with Gasteiger partial charge in [-0.25, -0.2) is 0 Å². The summed E-state index contributed by atoms with van der Waals surface area (Å²) >= 11 is 11.3. The third-order valence-corrected chi connectivity index (χ3v) is 4.39. The van der Waals surface area contributed by atoms with Gasteiger partial charge in [0.15, 0.2) is 0 Å². The van der Waals surface area contributed by atoms with Gasteiger partial charge >= 0.3 is 0 Å². The van der Waals surface area contributed by atoms with Crippen LogP contribution in [-0.2, 0) is 6.54 Å². The van der Waals surface area contributed by atoms with E-state index in [-0.39, 0.29) is 0 Å². The molecule has 1 atom stereocenters. The number of rotatable bonds is 6. The molecule has 1 aromatic carbocycles. The summed E-state index contributed by atoms with van der Waals surface area (Å²) in [6.45, 7) is 3.11. The highest BCUT2D eigenvalue weighted by Gasteiger charge is 2.05. The standard InChI is InChI=1S/C12H17BrClNS/c1-3-10(8-16-2)15-7-9-4-5-12(14)11(13)6-9/h4-6,10,15H,3,7-8H2,1-2H3. The molecule has 0 aromatic heterocycles. The van der Waals surface area contributed by atoms with E-state index in [0.717, 1.165) is 28.2 Å². The number of halogens is 2. The zero-order valence-corrected chi connectivity index (χ0v) is 12.8. The summed E-state index contributed by atoms with van der Waals surface area (Å²) in [4.78, 5) is 0. The lowest BCUT2D eigenvalue weighted by molar-refractivity contribution is 0.541. The van der Waals surface area contributed by atoms with Crippen LogP contribution < -0.4 is 5.32 Å². The van der Waals surface area contributed by atoms with Crippen molar-refractivity contribution in [1.29, 1.82) is 0 Å². The summed E-state index contributed by atoms with van der Waals surface area (Å²) in [5, 5.41) is 4.31. The van der Waals surface area contributed by atoms with Crippen LogP contribution in [0.25, 0.3) is 0 Å². The topological polar surface area (TPSA) is 12.0 Å². The van der Waals surface area contributed by atoms with Gasteiger partial charge < -0.3 is 5.32 Å². The molecule has 0 saturated heterocycles. The molecular formula is C12H17BrClNS. The zero-order valence-electron chi connectivity index (χ0n) is 9.59. The van der Waals surface area contributed by atoms with E-state index < -0.39 is 0 Å². The third-order valence-electron chi connectivity index (χ3n) is 2.44. The number of thioether (sulfide) groups is 1. The summed E-state index contributed by atoms with van der Waals surface area (Å²) in [5.41, 5.74) is 1.26. The minimum absolute atomic E-state index is 0.587. The second-order valence-corrected chi connectivity index (χ2v) is 5.86. The second-order valence-electron chi connectivity index (χ2n) is 3.69. The number of hydrogen-bond acceptors (Lipinski definition) is 2. The zero-order chi connectivity index (χ0) is 12.0. The van der Waals surface area contributed by atoms with Crippen molar-refractivity contribution in [3.05, 3.63) is 33.3 Å². The normalized spacial score (nSPS) is 12.8. The quantitative estimate of drug-likeness (QED) is 0.836. The van der Waals surface area contributed by atoms with Crippen LogP contribution in [0.2, 0.25) is 5.02 Å². The minimum atomic E-state index is 0.587. The molecule has 90 valence electrons. The van der Waals surface area contributed by atoms with Crippen molar-refractivity contribution in [3.8, 4) is 0 Å². The van der Waals surface area contributed by atoms with E-state index in [1.54, 1.807) is 0 Å². The van der Waals surface area contributed by atoms with E-state index in [1.807, 2.05) is 17.8 Å². The molecule has 0 aliphatic rings. The first-order valence-electron chi connectivity index (χ1n) is 5.33. The van der Waals surface area contributed by atoms with E-state index in [1.165, 1.54) is 5.56 Å². The lowest BCUT2D eigenvalue weighted by Crippen LogP contribution is -2.30. The SMILES string of the molecule is CCC(CSC)NCc1ccc(Cl)c(Br)c1. The molecule has 0 heterocycles. The van der Waals surface area contributed by atoms with Gasteiger partial charge in [0.25, 0.3) is 0 Å². The van der Waals surface area contributed by atoms with E-state index in [2.05, 4.69) is 46.6 Å². The molecule has 0 radical (unpaired) electrons. The Kier molecular flexibility index (Phi) is 6.81. The van der Waals surface area contributed by atoms with Crippen LogP contribution >= 0.6 is 39.3 Å². The number of benzene rings is 1. The van der Waals surface area contributed by atoms with Crippen LogP contribution in [-0.4, -0.2) is 18.1 Å². The Morgan fingerprint density at radius 2 is 2.25 bits per heavy atom. The second kappa shape index (κ2) is 7.59. The Labute approximate surface area is 115 Å². The molecule has 0 fully saturated rings. The Bertz CT molecular complexity index is 333. The largest absolute Gasteiger partial charge is 0.309 e. The monoisotopic (exact) mass is 321 g/mol. The molecule has 0 saturated carbocycles. The average molecular weight is 323 g/mol. The van der Waals surface area contributed by atoms with E-state index in [9.17, 15) is 0 Å². The lowest BCUT2D eigenvalue weighted by atomic mass is 10.2. The van der Waals surface area contributed by atoms with Crippen LogP contribution in [0.15, 0.2) is 22.7 Å². The van der Waals surface area contributed by atoms with Gasteiger partial charge in [0.1, 0.15) is 0 Å². The molecule has 1 N–H and O–H groups in total. The van der Waals surface area contributed by atoms with Gasteiger partial charge in [-0.3, -0.25) is 0 Å². The molecule has 16 heavy (non-hydrogen) atoms. The highest BCUT2D eigenvalue weighted by atomic mass is 79.9. The molecule has 0 bridgehead atoms. The average Bonchev–Trinajstić information content (AvgIpc) is 2.28. The van der Waals surface area contributed by atoms with E-state index in [4.69, 9.17) is 11.6 Å². The van der Waals surface area contributed by atoms with Crippen LogP contribution in [0.4, 0.5) is 0 Å². The maximum absolute atomic E-state index is 5.95. The maximum atomic E-state index is 5.95. The molecule has 0 amide bonds. The highest BCUT2D eigenvalue weighted by Crippen LogP contribution is 2.23. The van der Waals surface area contributed by atoms with Crippen molar-refractivity contribution < 1.29 is 0 Å². The lowest BCUT2D eigenvalue weighted by Gasteiger charge is -2.15. The fourth-order valence-corrected chi connectivity index (χ4v) is 2.73. The summed E-state index contributed by atoms with van der Waals surface area (Å²) in [5.74, 6) is 1.16. The first-order chi connectivity index (χ1) is 7.67. The maximum Gasteiger partial charge on any atom is 0.0548 e. The summed E-state index contributed by atoms with van der Waals surface area (Å²) < 4.78 is 0.964. The molecular weight excluding hydrogens is 306 g/mol. The Balaban J connectivity index is 2.50. The summed E-state index contributed by atoms with van der Waals surface area (Å²) in [6.07, 6.45) is 3.30. The van der Waals surface area contributed by atoms with E-state index in [0.29, 0.717) is 6.04 Å². The van der Waals surface area contributed by atoms with Crippen molar-refractivity contribution in [2.24, 2.45) is 0 Å². The molecule has 1 rings (SSSR count). The Hall–Kier alpha value is 0.300. The molecule has 1 nitrogen and oxygen atoms in total. The molecule has 1 unspecified atom stereocenters. The fourth-order valence-electron chi connectivity index (χ4n) is 1.43. The summed E-state index contributed by atoms with van der Waals surface area (Å²) in [6, 6.07) is 6.65. The number of nitrogens with one attached hydrogen (secondary N) is 1. The van der Waals surface area contributed by atoms with Gasteiger partial charge in [-0.15, -0.1) is 0 Å². The van der Waals surface area contributed by atoms with Gasteiger partial charge in [0, 0.05) is 22.8 Å². The first kappa shape index (κ1) is 14.4. The number of hydrogen-bond donors (Lipinski definition) is 1. The van der Waals surface area contributed by atoms with Gasteiger partial charge in [-0.2, -0.15) is 11.8 Å². The van der Waals surface area contributed by atoms with Gasteiger partial charge in [-0.1, -0.05) is 24.6 Å². The van der Waals surface area contributed by atoms with Gasteiger partial charge in [0.05, 0.1) is 5.02 Å². The van der Waals surface area contributed by atoms with Crippen LogP contribution in [0.1, 0.15) is 18.9 Å². The van der Waals surface area contributed by atoms with Crippen molar-refractivity contribution in [3.63, 3.8) is 0 Å².